The van der Waals surface area contributed by atoms with Crippen LogP contribution in [0.2, 0.25) is 0 Å². The molecular formula is C24H25N3O2S. The third kappa shape index (κ3) is 3.88. The van der Waals surface area contributed by atoms with Crippen LogP contribution >= 0.6 is 0 Å². The highest BCUT2D eigenvalue weighted by atomic mass is 32.2. The van der Waals surface area contributed by atoms with Gasteiger partial charge < -0.3 is 4.57 Å². The summed E-state index contributed by atoms with van der Waals surface area (Å²) in [6.45, 7) is 4.13. The van der Waals surface area contributed by atoms with Crippen molar-refractivity contribution in [3.63, 3.8) is 0 Å². The molecule has 0 aliphatic rings. The Labute approximate surface area is 177 Å². The van der Waals surface area contributed by atoms with Gasteiger partial charge >= 0.3 is 0 Å². The Morgan fingerprint density at radius 2 is 1.83 bits per heavy atom. The zero-order chi connectivity index (χ0) is 21.3. The van der Waals surface area contributed by atoms with Gasteiger partial charge in [0.25, 0.3) is 0 Å². The number of benzene rings is 2. The standard InChI is InChI=1S/C24H25N3O2S/c1-17-10-11-20(13-18(17)2)30(28,29)26-15-22(19-7-6-12-25-14-19)23-16-27(3)24-9-5-4-8-21(23)24/h4-14,16,22,26H,15H2,1-3H3. The molecule has 6 heteroatoms. The molecule has 1 N–H and O–H groups in total. The zero-order valence-electron chi connectivity index (χ0n) is 17.3. The molecule has 2 aromatic heterocycles. The summed E-state index contributed by atoms with van der Waals surface area (Å²) < 4.78 is 30.9. The van der Waals surface area contributed by atoms with Crippen molar-refractivity contribution < 1.29 is 8.42 Å². The van der Waals surface area contributed by atoms with Crippen molar-refractivity contribution in [2.45, 2.75) is 24.7 Å². The summed E-state index contributed by atoms with van der Waals surface area (Å²) in [5, 5.41) is 1.11. The number of nitrogens with zero attached hydrogens (tertiary/aromatic N) is 2. The van der Waals surface area contributed by atoms with Gasteiger partial charge in [0.15, 0.2) is 0 Å². The summed E-state index contributed by atoms with van der Waals surface area (Å²) in [6.07, 6.45) is 5.60. The van der Waals surface area contributed by atoms with Crippen molar-refractivity contribution in [1.82, 2.24) is 14.3 Å². The van der Waals surface area contributed by atoms with Crippen LogP contribution in [0.4, 0.5) is 0 Å². The Bertz CT molecular complexity index is 1290. The van der Waals surface area contributed by atoms with E-state index in [2.05, 4.69) is 32.6 Å². The molecular weight excluding hydrogens is 394 g/mol. The second-order valence-corrected chi connectivity index (χ2v) is 9.42. The van der Waals surface area contributed by atoms with E-state index in [4.69, 9.17) is 0 Å². The minimum Gasteiger partial charge on any atom is -0.350 e. The topological polar surface area (TPSA) is 64.0 Å². The summed E-state index contributed by atoms with van der Waals surface area (Å²) in [5.41, 5.74) is 5.17. The van der Waals surface area contributed by atoms with Crippen molar-refractivity contribution in [2.75, 3.05) is 6.54 Å². The summed E-state index contributed by atoms with van der Waals surface area (Å²) in [5.74, 6) is -0.161. The molecule has 2 aromatic carbocycles. The van der Waals surface area contributed by atoms with Crippen LogP contribution in [0.3, 0.4) is 0 Å². The molecule has 0 aliphatic heterocycles. The van der Waals surface area contributed by atoms with Crippen LogP contribution in [0, 0.1) is 13.8 Å². The first-order chi connectivity index (χ1) is 14.4. The molecule has 30 heavy (non-hydrogen) atoms. The highest BCUT2D eigenvalue weighted by molar-refractivity contribution is 7.89. The number of nitrogens with one attached hydrogen (secondary N) is 1. The molecule has 0 fully saturated rings. The van der Waals surface area contributed by atoms with E-state index in [9.17, 15) is 8.42 Å². The van der Waals surface area contributed by atoms with Crippen LogP contribution in [0.15, 0.2) is 78.1 Å². The van der Waals surface area contributed by atoms with Crippen LogP contribution in [0.5, 0.6) is 0 Å². The average molecular weight is 420 g/mol. The largest absolute Gasteiger partial charge is 0.350 e. The molecule has 4 rings (SSSR count). The molecule has 0 saturated carbocycles. The van der Waals surface area contributed by atoms with Gasteiger partial charge in [0.05, 0.1) is 4.90 Å². The molecule has 154 valence electrons. The first kappa shape index (κ1) is 20.3. The third-order valence-corrected chi connectivity index (χ3v) is 7.08. The molecule has 1 atom stereocenters. The molecule has 0 saturated heterocycles. The molecule has 2 heterocycles. The van der Waals surface area contributed by atoms with Crippen molar-refractivity contribution in [1.29, 1.82) is 0 Å². The molecule has 1 unspecified atom stereocenters. The van der Waals surface area contributed by atoms with E-state index in [1.165, 1.54) is 0 Å². The Morgan fingerprint density at radius 1 is 1.03 bits per heavy atom. The van der Waals surface area contributed by atoms with Gasteiger partial charge in [-0.05, 0) is 60.4 Å². The second kappa shape index (κ2) is 8.05. The molecule has 0 aliphatic carbocycles. The van der Waals surface area contributed by atoms with E-state index in [1.807, 2.05) is 51.2 Å². The number of sulfonamides is 1. The average Bonchev–Trinajstić information content (AvgIpc) is 3.07. The van der Waals surface area contributed by atoms with Gasteiger partial charge in [-0.15, -0.1) is 0 Å². The lowest BCUT2D eigenvalue weighted by Crippen LogP contribution is -2.29. The molecule has 0 amide bonds. The molecule has 0 spiro atoms. The number of fused-ring (bicyclic) bond motifs is 1. The monoisotopic (exact) mass is 419 g/mol. The first-order valence-electron chi connectivity index (χ1n) is 9.87. The van der Waals surface area contributed by atoms with Gasteiger partial charge in [0, 0.05) is 49.0 Å². The van der Waals surface area contributed by atoms with Gasteiger partial charge in [0.1, 0.15) is 0 Å². The number of hydrogen-bond acceptors (Lipinski definition) is 3. The predicted molar refractivity (Wildman–Crippen MR) is 120 cm³/mol. The van der Waals surface area contributed by atoms with Crippen LogP contribution < -0.4 is 4.72 Å². The van der Waals surface area contributed by atoms with E-state index in [0.717, 1.165) is 33.2 Å². The maximum absolute atomic E-state index is 13.0. The zero-order valence-corrected chi connectivity index (χ0v) is 18.1. The van der Waals surface area contributed by atoms with Gasteiger partial charge in [-0.2, -0.15) is 0 Å². The Morgan fingerprint density at radius 3 is 2.57 bits per heavy atom. The number of para-hydroxylation sites is 1. The van der Waals surface area contributed by atoms with E-state index < -0.39 is 10.0 Å². The lowest BCUT2D eigenvalue weighted by atomic mass is 9.92. The smallest absolute Gasteiger partial charge is 0.240 e. The molecule has 0 bridgehead atoms. The predicted octanol–water partition coefficient (Wildman–Crippen LogP) is 4.30. The lowest BCUT2D eigenvalue weighted by molar-refractivity contribution is 0.577. The number of pyridine rings is 1. The second-order valence-electron chi connectivity index (χ2n) is 7.65. The summed E-state index contributed by atoms with van der Waals surface area (Å²) in [4.78, 5) is 4.54. The van der Waals surface area contributed by atoms with Gasteiger partial charge in [0.2, 0.25) is 10.0 Å². The molecule has 4 aromatic rings. The van der Waals surface area contributed by atoms with Crippen LogP contribution in [0.1, 0.15) is 28.2 Å². The van der Waals surface area contributed by atoms with Crippen molar-refractivity contribution in [2.24, 2.45) is 7.05 Å². The molecule has 5 nitrogen and oxygen atoms in total. The van der Waals surface area contributed by atoms with Gasteiger partial charge in [-0.25, -0.2) is 13.1 Å². The Kier molecular flexibility index (Phi) is 5.45. The van der Waals surface area contributed by atoms with E-state index in [1.54, 1.807) is 24.5 Å². The van der Waals surface area contributed by atoms with Crippen molar-refractivity contribution in [3.8, 4) is 0 Å². The number of aromatic nitrogens is 2. The van der Waals surface area contributed by atoms with E-state index in [-0.39, 0.29) is 17.4 Å². The Balaban J connectivity index is 1.72. The first-order valence-corrected chi connectivity index (χ1v) is 11.4. The van der Waals surface area contributed by atoms with Crippen LogP contribution in [-0.2, 0) is 17.1 Å². The van der Waals surface area contributed by atoms with Crippen molar-refractivity contribution >= 4 is 20.9 Å². The normalized spacial score (nSPS) is 12.9. The Hall–Kier alpha value is -2.96. The minimum atomic E-state index is -3.63. The number of rotatable bonds is 6. The van der Waals surface area contributed by atoms with E-state index in [0.29, 0.717) is 0 Å². The third-order valence-electron chi connectivity index (χ3n) is 5.66. The fourth-order valence-corrected chi connectivity index (χ4v) is 4.93. The van der Waals surface area contributed by atoms with Crippen LogP contribution in [-0.4, -0.2) is 24.5 Å². The summed E-state index contributed by atoms with van der Waals surface area (Å²) >= 11 is 0. The fourth-order valence-electron chi connectivity index (χ4n) is 3.80. The molecule has 0 radical (unpaired) electrons. The SMILES string of the molecule is Cc1ccc(S(=O)(=O)NCC(c2cccnc2)c2cn(C)c3ccccc23)cc1C. The minimum absolute atomic E-state index is 0.161. The summed E-state index contributed by atoms with van der Waals surface area (Å²) in [6, 6.07) is 17.2. The highest BCUT2D eigenvalue weighted by Crippen LogP contribution is 2.31. The van der Waals surface area contributed by atoms with Crippen LogP contribution in [0.25, 0.3) is 10.9 Å². The maximum atomic E-state index is 13.0. The summed E-state index contributed by atoms with van der Waals surface area (Å²) in [7, 11) is -1.63. The van der Waals surface area contributed by atoms with Crippen molar-refractivity contribution in [3.05, 3.63) is 95.4 Å². The highest BCUT2D eigenvalue weighted by Gasteiger charge is 2.23. The van der Waals surface area contributed by atoms with Gasteiger partial charge in [-0.1, -0.05) is 30.3 Å². The van der Waals surface area contributed by atoms with Gasteiger partial charge in [-0.3, -0.25) is 4.98 Å². The quantitative estimate of drug-likeness (QED) is 0.507. The lowest BCUT2D eigenvalue weighted by Gasteiger charge is -2.18. The number of hydrogen-bond donors (Lipinski definition) is 1. The fraction of sp³-hybridized carbons (Fsp3) is 0.208. The number of aryl methyl sites for hydroxylation is 3. The maximum Gasteiger partial charge on any atom is 0.240 e. The van der Waals surface area contributed by atoms with E-state index >= 15 is 0 Å².